The molecule has 1 aliphatic heterocycles. The summed E-state index contributed by atoms with van der Waals surface area (Å²) in [6.07, 6.45) is 3.76. The fraction of sp³-hybridized carbons (Fsp3) is 0.579. The number of carbonyl (C=O) groups is 1. The summed E-state index contributed by atoms with van der Waals surface area (Å²) in [6, 6.07) is 7.50. The van der Waals surface area contributed by atoms with Crippen molar-refractivity contribution in [2.45, 2.75) is 31.8 Å². The van der Waals surface area contributed by atoms with Crippen molar-refractivity contribution < 1.29 is 14.3 Å². The predicted molar refractivity (Wildman–Crippen MR) is 111 cm³/mol. The van der Waals surface area contributed by atoms with Crippen LogP contribution in [0.1, 0.15) is 25.7 Å². The Morgan fingerprint density at radius 3 is 2.78 bits per heavy atom. The second-order valence-electron chi connectivity index (χ2n) is 6.29. The normalized spacial score (nSPS) is 17.0. The van der Waals surface area contributed by atoms with Gasteiger partial charge in [0.1, 0.15) is 0 Å². The van der Waals surface area contributed by atoms with Gasteiger partial charge in [-0.25, -0.2) is 0 Å². The summed E-state index contributed by atoms with van der Waals surface area (Å²) in [6.45, 7) is 3.51. The van der Waals surface area contributed by atoms with E-state index in [4.69, 9.17) is 9.47 Å². The van der Waals surface area contributed by atoms with Gasteiger partial charge >= 0.3 is 0 Å². The highest BCUT2D eigenvalue weighted by Crippen LogP contribution is 2.14. The van der Waals surface area contributed by atoms with Gasteiger partial charge in [-0.05, 0) is 43.5 Å². The first-order valence-electron chi connectivity index (χ1n) is 9.36. The van der Waals surface area contributed by atoms with Crippen LogP contribution in [-0.2, 0) is 14.3 Å². The van der Waals surface area contributed by atoms with E-state index in [-0.39, 0.29) is 12.0 Å². The molecule has 1 unspecified atom stereocenters. The topological polar surface area (TPSA) is 84.0 Å². The summed E-state index contributed by atoms with van der Waals surface area (Å²) in [5.41, 5.74) is 0.786. The molecule has 1 aromatic rings. The molecule has 0 bridgehead atoms. The van der Waals surface area contributed by atoms with E-state index in [0.717, 1.165) is 42.6 Å². The third-order valence-electron chi connectivity index (χ3n) is 4.08. The molecule has 7 nitrogen and oxygen atoms in total. The first-order chi connectivity index (χ1) is 13.2. The minimum absolute atomic E-state index is 0.0391. The zero-order valence-electron chi connectivity index (χ0n) is 15.8. The van der Waals surface area contributed by atoms with E-state index < -0.39 is 0 Å². The quantitative estimate of drug-likeness (QED) is 0.295. The summed E-state index contributed by atoms with van der Waals surface area (Å²) >= 11 is 3.37. The molecule has 1 fully saturated rings. The molecule has 1 heterocycles. The van der Waals surface area contributed by atoms with Crippen LogP contribution in [0.4, 0.5) is 5.69 Å². The van der Waals surface area contributed by atoms with Crippen LogP contribution >= 0.6 is 15.9 Å². The Morgan fingerprint density at radius 1 is 1.30 bits per heavy atom. The van der Waals surface area contributed by atoms with E-state index in [1.54, 1.807) is 7.05 Å². The Balaban J connectivity index is 1.50. The second-order valence-corrected chi connectivity index (χ2v) is 7.21. The third-order valence-corrected chi connectivity index (χ3v) is 4.61. The van der Waals surface area contributed by atoms with Crippen LogP contribution < -0.4 is 16.0 Å². The Bertz CT molecular complexity index is 589. The molecule has 0 aliphatic carbocycles. The molecule has 1 atom stereocenters. The molecule has 8 heteroatoms. The molecule has 3 N–H and O–H groups in total. The van der Waals surface area contributed by atoms with Crippen LogP contribution in [0.15, 0.2) is 33.7 Å². The number of carbonyl (C=O) groups excluding carboxylic acids is 1. The lowest BCUT2D eigenvalue weighted by Crippen LogP contribution is -2.39. The zero-order valence-corrected chi connectivity index (χ0v) is 17.4. The maximum atomic E-state index is 12.0. The van der Waals surface area contributed by atoms with Gasteiger partial charge in [-0.2, -0.15) is 0 Å². The molecule has 0 aromatic heterocycles. The highest BCUT2D eigenvalue weighted by Gasteiger charge is 2.14. The largest absolute Gasteiger partial charge is 0.379 e. The van der Waals surface area contributed by atoms with Crippen molar-refractivity contribution in [1.82, 2.24) is 10.6 Å². The van der Waals surface area contributed by atoms with E-state index in [0.29, 0.717) is 32.1 Å². The summed E-state index contributed by atoms with van der Waals surface area (Å²) in [7, 11) is 1.71. The smallest absolute Gasteiger partial charge is 0.226 e. The van der Waals surface area contributed by atoms with Gasteiger partial charge in [0, 0.05) is 49.9 Å². The number of nitrogens with zero attached hydrogens (tertiary/aromatic N) is 1. The van der Waals surface area contributed by atoms with Gasteiger partial charge in [0.2, 0.25) is 5.91 Å². The molecular formula is C19H29BrN4O3. The van der Waals surface area contributed by atoms with Crippen molar-refractivity contribution >= 4 is 33.5 Å². The predicted octanol–water partition coefficient (Wildman–Crippen LogP) is 2.53. The van der Waals surface area contributed by atoms with Gasteiger partial charge in [-0.15, -0.1) is 0 Å². The number of amides is 1. The molecule has 150 valence electrons. The number of rotatable bonds is 10. The number of nitrogens with one attached hydrogen (secondary N) is 3. The van der Waals surface area contributed by atoms with E-state index in [1.807, 2.05) is 24.3 Å². The standard InChI is InChI=1S/C19H29BrN4O3/c1-21-19(22-10-3-12-26-14-17-4-2-13-27-17)23-11-9-18(25)24-16-7-5-15(20)6-8-16/h5-8,17H,2-4,9-14H2,1H3,(H,24,25)(H2,21,22,23). The van der Waals surface area contributed by atoms with Gasteiger partial charge in [0.05, 0.1) is 12.7 Å². The lowest BCUT2D eigenvalue weighted by atomic mass is 10.2. The average molecular weight is 441 g/mol. The molecule has 0 saturated carbocycles. The molecule has 1 saturated heterocycles. The summed E-state index contributed by atoms with van der Waals surface area (Å²) in [5.74, 6) is 0.647. The fourth-order valence-electron chi connectivity index (χ4n) is 2.64. The molecule has 1 aromatic carbocycles. The number of halogens is 1. The number of hydrogen-bond acceptors (Lipinski definition) is 4. The monoisotopic (exact) mass is 440 g/mol. The van der Waals surface area contributed by atoms with Crippen molar-refractivity contribution in [2.24, 2.45) is 4.99 Å². The van der Waals surface area contributed by atoms with Crippen molar-refractivity contribution in [1.29, 1.82) is 0 Å². The van der Waals surface area contributed by atoms with E-state index in [9.17, 15) is 4.79 Å². The van der Waals surface area contributed by atoms with Crippen molar-refractivity contribution in [3.63, 3.8) is 0 Å². The third kappa shape index (κ3) is 9.21. The summed E-state index contributed by atoms with van der Waals surface area (Å²) in [4.78, 5) is 16.1. The Hall–Kier alpha value is -1.64. The maximum absolute atomic E-state index is 12.0. The van der Waals surface area contributed by atoms with E-state index in [1.165, 1.54) is 0 Å². The van der Waals surface area contributed by atoms with Crippen LogP contribution in [0.2, 0.25) is 0 Å². The van der Waals surface area contributed by atoms with Crippen molar-refractivity contribution in [3.8, 4) is 0 Å². The molecule has 1 amide bonds. The fourth-order valence-corrected chi connectivity index (χ4v) is 2.91. The van der Waals surface area contributed by atoms with Crippen LogP contribution in [0, 0.1) is 0 Å². The highest BCUT2D eigenvalue weighted by molar-refractivity contribution is 9.10. The van der Waals surface area contributed by atoms with Crippen LogP contribution in [0.5, 0.6) is 0 Å². The molecule has 0 spiro atoms. The van der Waals surface area contributed by atoms with Crippen LogP contribution in [-0.4, -0.2) is 57.9 Å². The Morgan fingerprint density at radius 2 is 2.07 bits per heavy atom. The van der Waals surface area contributed by atoms with E-state index in [2.05, 4.69) is 36.9 Å². The van der Waals surface area contributed by atoms with Gasteiger partial charge in [0.25, 0.3) is 0 Å². The maximum Gasteiger partial charge on any atom is 0.226 e. The highest BCUT2D eigenvalue weighted by atomic mass is 79.9. The van der Waals surface area contributed by atoms with Gasteiger partial charge in [-0.3, -0.25) is 9.79 Å². The minimum atomic E-state index is -0.0391. The minimum Gasteiger partial charge on any atom is -0.379 e. The SMILES string of the molecule is CN=C(NCCCOCC1CCCO1)NCCC(=O)Nc1ccc(Br)cc1. The molecule has 0 radical (unpaired) electrons. The molecule has 2 rings (SSSR count). The number of aliphatic imine (C=N–C) groups is 1. The number of benzene rings is 1. The number of anilines is 1. The van der Waals surface area contributed by atoms with Gasteiger partial charge in [-0.1, -0.05) is 15.9 Å². The number of guanidine groups is 1. The van der Waals surface area contributed by atoms with Gasteiger partial charge in [0.15, 0.2) is 5.96 Å². The second kappa shape index (κ2) is 12.7. The lowest BCUT2D eigenvalue weighted by Gasteiger charge is -2.13. The first-order valence-corrected chi connectivity index (χ1v) is 10.2. The number of hydrogen-bond donors (Lipinski definition) is 3. The van der Waals surface area contributed by atoms with Gasteiger partial charge < -0.3 is 25.4 Å². The van der Waals surface area contributed by atoms with Crippen molar-refractivity contribution in [3.05, 3.63) is 28.7 Å². The Labute approximate surface area is 169 Å². The average Bonchev–Trinajstić information content (AvgIpc) is 3.18. The van der Waals surface area contributed by atoms with Crippen LogP contribution in [0.3, 0.4) is 0 Å². The van der Waals surface area contributed by atoms with Crippen molar-refractivity contribution in [2.75, 3.05) is 45.3 Å². The van der Waals surface area contributed by atoms with E-state index >= 15 is 0 Å². The summed E-state index contributed by atoms with van der Waals surface area (Å²) < 4.78 is 12.1. The summed E-state index contributed by atoms with van der Waals surface area (Å²) in [5, 5.41) is 9.22. The lowest BCUT2D eigenvalue weighted by molar-refractivity contribution is -0.116. The molecule has 1 aliphatic rings. The van der Waals surface area contributed by atoms with Crippen LogP contribution in [0.25, 0.3) is 0 Å². The Kier molecular flexibility index (Phi) is 10.2. The molecular weight excluding hydrogens is 412 g/mol. The zero-order chi connectivity index (χ0) is 19.3. The first kappa shape index (κ1) is 21.7. The molecule has 27 heavy (non-hydrogen) atoms. The number of ether oxygens (including phenoxy) is 2.